The van der Waals surface area contributed by atoms with Crippen molar-refractivity contribution in [2.24, 2.45) is 0 Å². The highest BCUT2D eigenvalue weighted by Gasteiger charge is 2.31. The van der Waals surface area contributed by atoms with E-state index in [9.17, 15) is 9.90 Å². The van der Waals surface area contributed by atoms with Gasteiger partial charge < -0.3 is 20.5 Å². The molecule has 3 aromatic rings. The lowest BCUT2D eigenvalue weighted by Crippen LogP contribution is -2.43. The predicted octanol–water partition coefficient (Wildman–Crippen LogP) is 5.48. The van der Waals surface area contributed by atoms with E-state index in [1.807, 2.05) is 67.6 Å². The standard InChI is InChI=1S/C24H21BrN2O3/c1-2-30-19-14-17(13-18(25)23(19)28)22-20(15-9-5-3-6-10-15)21(26-24(29)27-22)16-11-7-4-8-12-16/h3-14,22,28H,2H2,1H3,(H2,26,27,29). The van der Waals surface area contributed by atoms with Gasteiger partial charge >= 0.3 is 6.03 Å². The maximum Gasteiger partial charge on any atom is 0.320 e. The second kappa shape index (κ2) is 8.63. The van der Waals surface area contributed by atoms with E-state index < -0.39 is 6.04 Å². The number of hydrogen-bond donors (Lipinski definition) is 3. The Morgan fingerprint density at radius 1 is 1.00 bits per heavy atom. The Labute approximate surface area is 183 Å². The molecule has 6 heteroatoms. The Morgan fingerprint density at radius 3 is 2.27 bits per heavy atom. The van der Waals surface area contributed by atoms with Gasteiger partial charge in [-0.2, -0.15) is 0 Å². The molecule has 0 radical (unpaired) electrons. The Balaban J connectivity index is 1.95. The minimum absolute atomic E-state index is 0.0365. The van der Waals surface area contributed by atoms with E-state index in [4.69, 9.17) is 4.74 Å². The van der Waals surface area contributed by atoms with Crippen LogP contribution in [0.4, 0.5) is 4.79 Å². The van der Waals surface area contributed by atoms with Crippen LogP contribution in [0.1, 0.15) is 29.7 Å². The summed E-state index contributed by atoms with van der Waals surface area (Å²) in [5.41, 5.74) is 4.37. The van der Waals surface area contributed by atoms with Gasteiger partial charge in [0.15, 0.2) is 11.5 Å². The van der Waals surface area contributed by atoms with Gasteiger partial charge in [-0.05, 0) is 51.7 Å². The Hall–Kier alpha value is -3.25. The minimum atomic E-state index is -0.438. The van der Waals surface area contributed by atoms with Gasteiger partial charge in [-0.1, -0.05) is 60.7 Å². The summed E-state index contributed by atoms with van der Waals surface area (Å²) < 4.78 is 6.11. The molecule has 0 saturated heterocycles. The molecule has 4 rings (SSSR count). The zero-order valence-corrected chi connectivity index (χ0v) is 17.9. The van der Waals surface area contributed by atoms with Crippen LogP contribution < -0.4 is 15.4 Å². The molecule has 3 N–H and O–H groups in total. The zero-order valence-electron chi connectivity index (χ0n) is 16.4. The maximum atomic E-state index is 12.6. The van der Waals surface area contributed by atoms with Crippen molar-refractivity contribution in [3.05, 3.63) is 94.0 Å². The minimum Gasteiger partial charge on any atom is -0.503 e. The molecule has 0 fully saturated rings. The number of phenols is 1. The lowest BCUT2D eigenvalue weighted by molar-refractivity contribution is 0.242. The molecular formula is C24H21BrN2O3. The smallest absolute Gasteiger partial charge is 0.320 e. The number of aromatic hydroxyl groups is 1. The van der Waals surface area contributed by atoms with E-state index in [-0.39, 0.29) is 11.8 Å². The Kier molecular flexibility index (Phi) is 5.77. The van der Waals surface area contributed by atoms with Gasteiger partial charge in [0.1, 0.15) is 0 Å². The van der Waals surface area contributed by atoms with Crippen LogP contribution in [0.25, 0.3) is 11.3 Å². The third-order valence-electron chi connectivity index (χ3n) is 4.90. The van der Waals surface area contributed by atoms with Crippen LogP contribution in [0.5, 0.6) is 11.5 Å². The maximum absolute atomic E-state index is 12.6. The molecule has 0 spiro atoms. The molecular weight excluding hydrogens is 444 g/mol. The third kappa shape index (κ3) is 3.91. The molecule has 2 amide bonds. The third-order valence-corrected chi connectivity index (χ3v) is 5.51. The van der Waals surface area contributed by atoms with Crippen molar-refractivity contribution < 1.29 is 14.6 Å². The largest absolute Gasteiger partial charge is 0.503 e. The average molecular weight is 465 g/mol. The first-order chi connectivity index (χ1) is 14.6. The summed E-state index contributed by atoms with van der Waals surface area (Å²) in [7, 11) is 0. The fourth-order valence-corrected chi connectivity index (χ4v) is 4.06. The number of carbonyl (C=O) groups is 1. The van der Waals surface area contributed by atoms with Crippen LogP contribution in [0.2, 0.25) is 0 Å². The van der Waals surface area contributed by atoms with Crippen molar-refractivity contribution in [3.63, 3.8) is 0 Å². The molecule has 30 heavy (non-hydrogen) atoms. The SMILES string of the molecule is CCOc1cc(C2NC(=O)NC(c3ccccc3)=C2c2ccccc2)cc(Br)c1O. The molecule has 0 bridgehead atoms. The zero-order chi connectivity index (χ0) is 21.1. The van der Waals surface area contributed by atoms with E-state index in [0.717, 1.165) is 28.0 Å². The highest BCUT2D eigenvalue weighted by molar-refractivity contribution is 9.10. The Bertz CT molecular complexity index is 1100. The summed E-state index contributed by atoms with van der Waals surface area (Å²) in [4.78, 5) is 12.6. The predicted molar refractivity (Wildman–Crippen MR) is 121 cm³/mol. The van der Waals surface area contributed by atoms with Gasteiger partial charge in [0.2, 0.25) is 0 Å². The van der Waals surface area contributed by atoms with Crippen LogP contribution in [0.3, 0.4) is 0 Å². The molecule has 3 aromatic carbocycles. The molecule has 1 aliphatic heterocycles. The monoisotopic (exact) mass is 464 g/mol. The number of nitrogens with one attached hydrogen (secondary N) is 2. The number of phenolic OH excluding ortho intramolecular Hbond substituents is 1. The topological polar surface area (TPSA) is 70.6 Å². The molecule has 152 valence electrons. The van der Waals surface area contributed by atoms with Gasteiger partial charge in [0.25, 0.3) is 0 Å². The second-order valence-corrected chi connectivity index (χ2v) is 7.69. The fraction of sp³-hybridized carbons (Fsp3) is 0.125. The summed E-state index contributed by atoms with van der Waals surface area (Å²) in [6.45, 7) is 2.27. The van der Waals surface area contributed by atoms with Crippen molar-refractivity contribution in [3.8, 4) is 11.5 Å². The van der Waals surface area contributed by atoms with Gasteiger partial charge in [0, 0.05) is 5.57 Å². The summed E-state index contributed by atoms with van der Waals surface area (Å²) in [6, 6.07) is 22.5. The number of benzene rings is 3. The van der Waals surface area contributed by atoms with Gasteiger partial charge in [-0.15, -0.1) is 0 Å². The molecule has 1 unspecified atom stereocenters. The van der Waals surface area contributed by atoms with Gasteiger partial charge in [0.05, 0.1) is 22.8 Å². The lowest BCUT2D eigenvalue weighted by atomic mass is 9.88. The first-order valence-electron chi connectivity index (χ1n) is 9.66. The molecule has 0 saturated carbocycles. The number of ether oxygens (including phenoxy) is 1. The number of rotatable bonds is 5. The van der Waals surface area contributed by atoms with Gasteiger partial charge in [-0.3, -0.25) is 0 Å². The quantitative estimate of drug-likeness (QED) is 0.468. The van der Waals surface area contributed by atoms with Crippen molar-refractivity contribution in [2.45, 2.75) is 13.0 Å². The molecule has 5 nitrogen and oxygen atoms in total. The van der Waals surface area contributed by atoms with Crippen molar-refractivity contribution in [2.75, 3.05) is 6.61 Å². The lowest BCUT2D eigenvalue weighted by Gasteiger charge is -2.31. The van der Waals surface area contributed by atoms with Crippen molar-refractivity contribution >= 4 is 33.2 Å². The van der Waals surface area contributed by atoms with Crippen LogP contribution in [-0.4, -0.2) is 17.7 Å². The molecule has 1 aliphatic rings. The number of hydrogen-bond acceptors (Lipinski definition) is 3. The number of carbonyl (C=O) groups excluding carboxylic acids is 1. The Morgan fingerprint density at radius 2 is 1.63 bits per heavy atom. The molecule has 1 heterocycles. The summed E-state index contributed by atoms with van der Waals surface area (Å²) >= 11 is 3.41. The highest BCUT2D eigenvalue weighted by atomic mass is 79.9. The molecule has 0 aromatic heterocycles. The van der Waals surface area contributed by atoms with Crippen molar-refractivity contribution in [1.82, 2.24) is 10.6 Å². The second-order valence-electron chi connectivity index (χ2n) is 6.83. The number of urea groups is 1. The van der Waals surface area contributed by atoms with E-state index in [0.29, 0.717) is 16.8 Å². The van der Waals surface area contributed by atoms with Gasteiger partial charge in [-0.25, -0.2) is 4.79 Å². The summed E-state index contributed by atoms with van der Waals surface area (Å²) in [5.74, 6) is 0.401. The normalized spacial score (nSPS) is 16.1. The average Bonchev–Trinajstić information content (AvgIpc) is 2.77. The summed E-state index contributed by atoms with van der Waals surface area (Å²) in [6.07, 6.45) is 0. The van der Waals surface area contributed by atoms with Crippen LogP contribution in [-0.2, 0) is 0 Å². The van der Waals surface area contributed by atoms with Crippen LogP contribution in [0.15, 0.2) is 77.3 Å². The van der Waals surface area contributed by atoms with E-state index in [1.165, 1.54) is 0 Å². The van der Waals surface area contributed by atoms with Crippen LogP contribution in [0, 0.1) is 0 Å². The van der Waals surface area contributed by atoms with Crippen molar-refractivity contribution in [1.29, 1.82) is 0 Å². The van der Waals surface area contributed by atoms with E-state index in [2.05, 4.69) is 26.6 Å². The first-order valence-corrected chi connectivity index (χ1v) is 10.5. The van der Waals surface area contributed by atoms with E-state index in [1.54, 1.807) is 12.1 Å². The number of amides is 2. The van der Waals surface area contributed by atoms with E-state index >= 15 is 0 Å². The highest BCUT2D eigenvalue weighted by Crippen LogP contribution is 2.43. The molecule has 1 atom stereocenters. The fourth-order valence-electron chi connectivity index (χ4n) is 3.60. The summed E-state index contributed by atoms with van der Waals surface area (Å²) in [5, 5.41) is 16.3. The first kappa shape index (κ1) is 20.0. The van der Waals surface area contributed by atoms with Crippen LogP contribution >= 0.6 is 15.9 Å². The molecule has 0 aliphatic carbocycles. The number of halogens is 1.